The van der Waals surface area contributed by atoms with Gasteiger partial charge in [-0.05, 0) is 54.3 Å². The molecule has 0 bridgehead atoms. The fraction of sp³-hybridized carbons (Fsp3) is 0.250. The molecule has 1 saturated heterocycles. The Morgan fingerprint density at radius 1 is 1.12 bits per heavy atom. The summed E-state index contributed by atoms with van der Waals surface area (Å²) < 4.78 is 0. The second kappa shape index (κ2) is 8.86. The highest BCUT2D eigenvalue weighted by atomic mass is 16.3. The summed E-state index contributed by atoms with van der Waals surface area (Å²) in [6.07, 6.45) is 6.79. The zero-order chi connectivity index (χ0) is 21.9. The molecule has 0 aliphatic carbocycles. The van der Waals surface area contributed by atoms with Crippen molar-refractivity contribution < 1.29 is 9.90 Å². The van der Waals surface area contributed by atoms with Crippen molar-refractivity contribution in [2.75, 3.05) is 18.4 Å². The number of carbonyl (C=O) groups excluding carboxylic acids is 1. The highest BCUT2D eigenvalue weighted by Gasteiger charge is 2.18. The lowest BCUT2D eigenvalue weighted by atomic mass is 10.0. The van der Waals surface area contributed by atoms with E-state index in [1.807, 2.05) is 36.7 Å². The lowest BCUT2D eigenvalue weighted by Gasteiger charge is -2.29. The molecule has 0 unspecified atom stereocenters. The van der Waals surface area contributed by atoms with Gasteiger partial charge in [0.2, 0.25) is 0 Å². The summed E-state index contributed by atoms with van der Waals surface area (Å²) in [6, 6.07) is 13.4. The first kappa shape index (κ1) is 20.3. The highest BCUT2D eigenvalue weighted by molar-refractivity contribution is 6.11. The third-order valence-electron chi connectivity index (χ3n) is 5.78. The highest BCUT2D eigenvalue weighted by Crippen LogP contribution is 2.26. The number of nitrogens with zero attached hydrogens (tertiary/aromatic N) is 4. The van der Waals surface area contributed by atoms with Crippen molar-refractivity contribution in [2.24, 2.45) is 0 Å². The van der Waals surface area contributed by atoms with Crippen LogP contribution in [0.5, 0.6) is 0 Å². The second-order valence-corrected chi connectivity index (χ2v) is 8.09. The molecule has 32 heavy (non-hydrogen) atoms. The van der Waals surface area contributed by atoms with Crippen molar-refractivity contribution in [2.45, 2.75) is 25.5 Å². The Balaban J connectivity index is 1.39. The third-order valence-corrected chi connectivity index (χ3v) is 5.78. The van der Waals surface area contributed by atoms with Gasteiger partial charge in [0.1, 0.15) is 5.82 Å². The standard InChI is InChI=1S/C24H24N6O2/c31-19-6-9-30(10-7-19)15-16-11-18(14-25-13-16)17-4-5-21-20(12-17)23(29-28-21)24(32)27-22-3-1-2-8-26-22/h1-5,8,11-14,19,31H,6-7,9-10,15H2,(H,28,29)(H,26,27,32). The molecular weight excluding hydrogens is 404 g/mol. The average Bonchev–Trinajstić information content (AvgIpc) is 3.25. The van der Waals surface area contributed by atoms with Crippen LogP contribution in [0.15, 0.2) is 61.1 Å². The van der Waals surface area contributed by atoms with Crippen LogP contribution in [0.25, 0.3) is 22.0 Å². The van der Waals surface area contributed by atoms with Crippen LogP contribution in [0.4, 0.5) is 5.82 Å². The smallest absolute Gasteiger partial charge is 0.277 e. The monoisotopic (exact) mass is 428 g/mol. The van der Waals surface area contributed by atoms with Gasteiger partial charge in [-0.1, -0.05) is 12.1 Å². The number of likely N-dealkylation sites (tertiary alicyclic amines) is 1. The van der Waals surface area contributed by atoms with Crippen LogP contribution in [0, 0.1) is 0 Å². The van der Waals surface area contributed by atoms with Gasteiger partial charge in [0.05, 0.1) is 11.6 Å². The number of nitrogens with one attached hydrogen (secondary N) is 2. The van der Waals surface area contributed by atoms with E-state index in [0.29, 0.717) is 11.5 Å². The number of aliphatic hydroxyl groups is 1. The number of aliphatic hydroxyl groups excluding tert-OH is 1. The Morgan fingerprint density at radius 2 is 2.00 bits per heavy atom. The van der Waals surface area contributed by atoms with Gasteiger partial charge in [0.25, 0.3) is 5.91 Å². The van der Waals surface area contributed by atoms with Gasteiger partial charge < -0.3 is 10.4 Å². The number of piperidine rings is 1. The fourth-order valence-electron chi connectivity index (χ4n) is 4.05. The van der Waals surface area contributed by atoms with E-state index in [-0.39, 0.29) is 12.0 Å². The Bertz CT molecular complexity index is 1230. The predicted octanol–water partition coefficient (Wildman–Crippen LogP) is 3.23. The Labute approximate surface area is 185 Å². The maximum absolute atomic E-state index is 12.8. The number of pyridine rings is 2. The molecule has 3 aromatic heterocycles. The molecule has 1 aliphatic heterocycles. The number of aromatic amines is 1. The zero-order valence-electron chi connectivity index (χ0n) is 17.5. The lowest BCUT2D eigenvalue weighted by molar-refractivity contribution is 0.0792. The number of aromatic nitrogens is 4. The van der Waals surface area contributed by atoms with E-state index in [0.717, 1.165) is 60.1 Å². The number of rotatable bonds is 5. The topological polar surface area (TPSA) is 107 Å². The minimum absolute atomic E-state index is 0.179. The van der Waals surface area contributed by atoms with Crippen LogP contribution in [-0.4, -0.2) is 55.3 Å². The third kappa shape index (κ3) is 4.37. The molecular formula is C24H24N6O2. The minimum Gasteiger partial charge on any atom is -0.393 e. The summed E-state index contributed by atoms with van der Waals surface area (Å²) in [4.78, 5) is 23.7. The molecule has 4 aromatic rings. The number of hydrogen-bond donors (Lipinski definition) is 3. The second-order valence-electron chi connectivity index (χ2n) is 8.09. The van der Waals surface area contributed by atoms with Crippen LogP contribution in [0.3, 0.4) is 0 Å². The first-order chi connectivity index (χ1) is 15.7. The minimum atomic E-state index is -0.314. The summed E-state index contributed by atoms with van der Waals surface area (Å²) in [5.74, 6) is 0.165. The molecule has 8 heteroatoms. The molecule has 0 radical (unpaired) electrons. The van der Waals surface area contributed by atoms with Crippen molar-refractivity contribution in [3.8, 4) is 11.1 Å². The van der Waals surface area contributed by atoms with Crippen LogP contribution >= 0.6 is 0 Å². The van der Waals surface area contributed by atoms with E-state index in [9.17, 15) is 9.90 Å². The number of fused-ring (bicyclic) bond motifs is 1. The van der Waals surface area contributed by atoms with Crippen LogP contribution in [-0.2, 0) is 6.54 Å². The van der Waals surface area contributed by atoms with Gasteiger partial charge in [-0.2, -0.15) is 5.10 Å². The number of anilines is 1. The summed E-state index contributed by atoms with van der Waals surface area (Å²) in [6.45, 7) is 2.58. The molecule has 1 aliphatic rings. The average molecular weight is 428 g/mol. The molecule has 0 saturated carbocycles. The van der Waals surface area contributed by atoms with Gasteiger partial charge in [-0.25, -0.2) is 4.98 Å². The molecule has 0 atom stereocenters. The molecule has 162 valence electrons. The normalized spacial score (nSPS) is 15.2. The summed E-state index contributed by atoms with van der Waals surface area (Å²) in [7, 11) is 0. The van der Waals surface area contributed by atoms with Crippen molar-refractivity contribution in [1.82, 2.24) is 25.1 Å². The van der Waals surface area contributed by atoms with E-state index >= 15 is 0 Å². The van der Waals surface area contributed by atoms with E-state index in [4.69, 9.17) is 0 Å². The Kier molecular flexibility index (Phi) is 5.62. The lowest BCUT2D eigenvalue weighted by Crippen LogP contribution is -2.35. The SMILES string of the molecule is O=C(Nc1ccccn1)c1n[nH]c2ccc(-c3cncc(CN4CCC(O)CC4)c3)cc12. The molecule has 3 N–H and O–H groups in total. The van der Waals surface area contributed by atoms with Gasteiger partial charge in [0, 0.05) is 49.2 Å². The van der Waals surface area contributed by atoms with E-state index in [1.165, 1.54) is 0 Å². The summed E-state index contributed by atoms with van der Waals surface area (Å²) in [5.41, 5.74) is 4.19. The van der Waals surface area contributed by atoms with Gasteiger partial charge in [-0.15, -0.1) is 0 Å². The van der Waals surface area contributed by atoms with Gasteiger partial charge >= 0.3 is 0 Å². The first-order valence-electron chi connectivity index (χ1n) is 10.7. The number of benzene rings is 1. The van der Waals surface area contributed by atoms with E-state index < -0.39 is 0 Å². The maximum Gasteiger partial charge on any atom is 0.277 e. The maximum atomic E-state index is 12.8. The molecule has 1 aromatic carbocycles. The molecule has 1 amide bonds. The molecule has 5 rings (SSSR count). The van der Waals surface area contributed by atoms with Gasteiger partial charge in [-0.3, -0.25) is 19.8 Å². The van der Waals surface area contributed by atoms with Crippen molar-refractivity contribution in [3.63, 3.8) is 0 Å². The molecule has 1 fully saturated rings. The quantitative estimate of drug-likeness (QED) is 0.451. The van der Waals surface area contributed by atoms with Crippen molar-refractivity contribution in [3.05, 3.63) is 72.3 Å². The largest absolute Gasteiger partial charge is 0.393 e. The fourth-order valence-corrected chi connectivity index (χ4v) is 4.05. The summed E-state index contributed by atoms with van der Waals surface area (Å²) in [5, 5.41) is 20.4. The van der Waals surface area contributed by atoms with Crippen LogP contribution < -0.4 is 5.32 Å². The molecule has 0 spiro atoms. The van der Waals surface area contributed by atoms with Crippen molar-refractivity contribution >= 4 is 22.6 Å². The number of amides is 1. The number of hydrogen-bond acceptors (Lipinski definition) is 6. The number of H-pyrrole nitrogens is 1. The van der Waals surface area contributed by atoms with E-state index in [2.05, 4.69) is 36.4 Å². The zero-order valence-corrected chi connectivity index (χ0v) is 17.5. The number of carbonyl (C=O) groups is 1. The van der Waals surface area contributed by atoms with E-state index in [1.54, 1.807) is 18.3 Å². The molecule has 8 nitrogen and oxygen atoms in total. The Morgan fingerprint density at radius 3 is 2.81 bits per heavy atom. The molecule has 4 heterocycles. The summed E-state index contributed by atoms with van der Waals surface area (Å²) >= 11 is 0. The predicted molar refractivity (Wildman–Crippen MR) is 122 cm³/mol. The Hall–Kier alpha value is -3.62. The van der Waals surface area contributed by atoms with Crippen LogP contribution in [0.1, 0.15) is 28.9 Å². The van der Waals surface area contributed by atoms with Crippen molar-refractivity contribution in [1.29, 1.82) is 0 Å². The van der Waals surface area contributed by atoms with Crippen LogP contribution in [0.2, 0.25) is 0 Å². The van der Waals surface area contributed by atoms with Gasteiger partial charge in [0.15, 0.2) is 5.69 Å². The first-order valence-corrected chi connectivity index (χ1v) is 10.7.